The Balaban J connectivity index is 2.57. The Hall–Kier alpha value is -1.64. The first-order valence-electron chi connectivity index (χ1n) is 8.78. The van der Waals surface area contributed by atoms with Crippen LogP contribution in [0.5, 0.6) is 0 Å². The van der Waals surface area contributed by atoms with Crippen molar-refractivity contribution >= 4 is 0 Å². The minimum Gasteiger partial charge on any atom is -0.289 e. The van der Waals surface area contributed by atoms with Gasteiger partial charge in [0, 0.05) is 12.1 Å². The van der Waals surface area contributed by atoms with Crippen LogP contribution < -0.4 is 10.6 Å². The van der Waals surface area contributed by atoms with Crippen molar-refractivity contribution in [3.8, 4) is 0 Å². The van der Waals surface area contributed by atoms with E-state index in [1.807, 2.05) is 0 Å². The Morgan fingerprint density at radius 2 is 1.04 bits per heavy atom. The van der Waals surface area contributed by atoms with Gasteiger partial charge < -0.3 is 0 Å². The Bertz CT molecular complexity index is 511. The van der Waals surface area contributed by atoms with Crippen molar-refractivity contribution in [3.05, 3.63) is 71.8 Å². The third-order valence-corrected chi connectivity index (χ3v) is 4.56. The van der Waals surface area contributed by atoms with Crippen LogP contribution in [0.3, 0.4) is 0 Å². The first-order chi connectivity index (χ1) is 11.1. The summed E-state index contributed by atoms with van der Waals surface area (Å²) in [5.41, 5.74) is 2.14. The van der Waals surface area contributed by atoms with Gasteiger partial charge in [-0.25, -0.2) is 0 Å². The SMILES string of the molecule is CCC(C)NC(NC(C)CC)(c1ccccc1)c1ccccc1. The van der Waals surface area contributed by atoms with E-state index in [1.54, 1.807) is 0 Å². The number of hydrogen-bond acceptors (Lipinski definition) is 2. The maximum atomic E-state index is 3.87. The second-order valence-electron chi connectivity index (χ2n) is 6.39. The lowest BCUT2D eigenvalue weighted by Crippen LogP contribution is -2.59. The van der Waals surface area contributed by atoms with Crippen molar-refractivity contribution in [1.29, 1.82) is 0 Å². The molecular weight excluding hydrogens is 280 g/mol. The molecule has 0 aliphatic carbocycles. The van der Waals surface area contributed by atoms with E-state index in [0.29, 0.717) is 12.1 Å². The smallest absolute Gasteiger partial charge is 0.122 e. The summed E-state index contributed by atoms with van der Waals surface area (Å²) in [6.07, 6.45) is 2.17. The van der Waals surface area contributed by atoms with Crippen LogP contribution in [0.15, 0.2) is 60.7 Å². The summed E-state index contributed by atoms with van der Waals surface area (Å²) in [7, 11) is 0. The predicted octanol–water partition coefficient (Wildman–Crippen LogP) is 4.66. The molecule has 2 nitrogen and oxygen atoms in total. The number of hydrogen-bond donors (Lipinski definition) is 2. The van der Waals surface area contributed by atoms with Crippen molar-refractivity contribution in [2.45, 2.75) is 58.3 Å². The van der Waals surface area contributed by atoms with Gasteiger partial charge in [0.25, 0.3) is 0 Å². The minimum absolute atomic E-state index is 0.368. The topological polar surface area (TPSA) is 24.1 Å². The molecule has 0 heterocycles. The summed E-state index contributed by atoms with van der Waals surface area (Å²) in [6.45, 7) is 8.95. The third kappa shape index (κ3) is 4.21. The van der Waals surface area contributed by atoms with Crippen LogP contribution in [-0.4, -0.2) is 12.1 Å². The number of benzene rings is 2. The molecule has 2 heteroatoms. The van der Waals surface area contributed by atoms with Gasteiger partial charge in [-0.2, -0.15) is 0 Å². The van der Waals surface area contributed by atoms with Gasteiger partial charge >= 0.3 is 0 Å². The van der Waals surface area contributed by atoms with Crippen LogP contribution in [-0.2, 0) is 5.66 Å². The molecule has 0 saturated heterocycles. The van der Waals surface area contributed by atoms with Gasteiger partial charge in [-0.05, 0) is 37.8 Å². The van der Waals surface area contributed by atoms with Crippen LogP contribution in [0.4, 0.5) is 0 Å². The van der Waals surface area contributed by atoms with Crippen molar-refractivity contribution in [3.63, 3.8) is 0 Å². The molecule has 0 aliphatic heterocycles. The molecule has 23 heavy (non-hydrogen) atoms. The first kappa shape index (κ1) is 17.7. The van der Waals surface area contributed by atoms with Gasteiger partial charge in [-0.1, -0.05) is 74.5 Å². The second-order valence-corrected chi connectivity index (χ2v) is 6.39. The molecule has 0 radical (unpaired) electrons. The van der Waals surface area contributed by atoms with Gasteiger partial charge in [-0.15, -0.1) is 0 Å². The molecule has 124 valence electrons. The summed E-state index contributed by atoms with van der Waals surface area (Å²) < 4.78 is 0. The van der Waals surface area contributed by atoms with Gasteiger partial charge in [-0.3, -0.25) is 10.6 Å². The van der Waals surface area contributed by atoms with Crippen molar-refractivity contribution in [1.82, 2.24) is 10.6 Å². The normalized spacial score (nSPS) is 14.4. The van der Waals surface area contributed by atoms with Crippen molar-refractivity contribution in [2.24, 2.45) is 0 Å². The summed E-state index contributed by atoms with van der Waals surface area (Å²) in [6, 6.07) is 22.3. The molecular formula is C21H30N2. The Morgan fingerprint density at radius 1 is 0.696 bits per heavy atom. The average Bonchev–Trinajstić information content (AvgIpc) is 2.62. The summed E-state index contributed by atoms with van der Waals surface area (Å²) in [5.74, 6) is 0. The van der Waals surface area contributed by atoms with Gasteiger partial charge in [0.1, 0.15) is 5.66 Å². The lowest BCUT2D eigenvalue weighted by atomic mass is 9.88. The fourth-order valence-corrected chi connectivity index (χ4v) is 2.86. The maximum Gasteiger partial charge on any atom is 0.122 e. The Kier molecular flexibility index (Phi) is 6.37. The zero-order valence-electron chi connectivity index (χ0n) is 14.8. The first-order valence-corrected chi connectivity index (χ1v) is 8.78. The molecule has 2 unspecified atom stereocenters. The number of nitrogens with one attached hydrogen (secondary N) is 2. The molecule has 0 bridgehead atoms. The van der Waals surface area contributed by atoms with Gasteiger partial charge in [0.05, 0.1) is 0 Å². The monoisotopic (exact) mass is 310 g/mol. The van der Waals surface area contributed by atoms with E-state index in [9.17, 15) is 0 Å². The van der Waals surface area contributed by atoms with Crippen molar-refractivity contribution < 1.29 is 0 Å². The van der Waals surface area contributed by atoms with Crippen LogP contribution in [0.2, 0.25) is 0 Å². The zero-order valence-corrected chi connectivity index (χ0v) is 14.8. The van der Waals surface area contributed by atoms with E-state index in [4.69, 9.17) is 0 Å². The molecule has 2 N–H and O–H groups in total. The summed E-state index contributed by atoms with van der Waals surface area (Å²) in [5, 5.41) is 7.73. The predicted molar refractivity (Wildman–Crippen MR) is 99.4 cm³/mol. The van der Waals surface area contributed by atoms with Crippen LogP contribution >= 0.6 is 0 Å². The van der Waals surface area contributed by atoms with Gasteiger partial charge in [0.15, 0.2) is 0 Å². The van der Waals surface area contributed by atoms with E-state index in [2.05, 4.69) is 99.0 Å². The second kappa shape index (κ2) is 8.28. The standard InChI is InChI=1S/C21H30N2/c1-5-17(3)22-21(23-18(4)6-2,19-13-9-7-10-14-19)20-15-11-8-12-16-20/h7-18,22-23H,5-6H2,1-4H3. The summed E-state index contributed by atoms with van der Waals surface area (Å²) >= 11 is 0. The highest BCUT2D eigenvalue weighted by molar-refractivity contribution is 5.38. The van der Waals surface area contributed by atoms with Crippen LogP contribution in [0, 0.1) is 0 Å². The third-order valence-electron chi connectivity index (χ3n) is 4.56. The van der Waals surface area contributed by atoms with E-state index in [1.165, 1.54) is 11.1 Å². The van der Waals surface area contributed by atoms with Crippen molar-refractivity contribution in [2.75, 3.05) is 0 Å². The highest BCUT2D eigenvalue weighted by Crippen LogP contribution is 2.29. The van der Waals surface area contributed by atoms with E-state index >= 15 is 0 Å². The molecule has 0 aliphatic rings. The zero-order chi connectivity index (χ0) is 16.7. The fraction of sp³-hybridized carbons (Fsp3) is 0.429. The molecule has 0 spiro atoms. The quantitative estimate of drug-likeness (QED) is 0.693. The van der Waals surface area contributed by atoms with Gasteiger partial charge in [0.2, 0.25) is 0 Å². The van der Waals surface area contributed by atoms with E-state index < -0.39 is 0 Å². The molecule has 0 aromatic heterocycles. The molecule has 2 aromatic carbocycles. The Morgan fingerprint density at radius 3 is 1.35 bits per heavy atom. The molecule has 2 aromatic rings. The molecule has 0 amide bonds. The molecule has 2 rings (SSSR count). The fourth-order valence-electron chi connectivity index (χ4n) is 2.86. The molecule has 0 saturated carbocycles. The Labute approximate surface area is 141 Å². The minimum atomic E-state index is -0.368. The lowest BCUT2D eigenvalue weighted by molar-refractivity contribution is 0.254. The van der Waals surface area contributed by atoms with E-state index in [-0.39, 0.29) is 5.66 Å². The largest absolute Gasteiger partial charge is 0.289 e. The van der Waals surface area contributed by atoms with Crippen LogP contribution in [0.25, 0.3) is 0 Å². The van der Waals surface area contributed by atoms with E-state index in [0.717, 1.165) is 12.8 Å². The highest BCUT2D eigenvalue weighted by Gasteiger charge is 2.35. The van der Waals surface area contributed by atoms with Crippen LogP contribution in [0.1, 0.15) is 51.7 Å². The molecule has 0 fully saturated rings. The number of rotatable bonds is 8. The maximum absolute atomic E-state index is 3.87. The lowest BCUT2D eigenvalue weighted by Gasteiger charge is -2.41. The molecule has 2 atom stereocenters. The summed E-state index contributed by atoms with van der Waals surface area (Å²) in [4.78, 5) is 0. The highest BCUT2D eigenvalue weighted by atomic mass is 15.2. The average molecular weight is 310 g/mol.